The van der Waals surface area contributed by atoms with Crippen LogP contribution in [0.4, 0.5) is 0 Å². The molecule has 0 fully saturated rings. The first-order chi connectivity index (χ1) is 9.60. The third-order valence-electron chi connectivity index (χ3n) is 3.53. The highest BCUT2D eigenvalue weighted by Gasteiger charge is 2.23. The molecule has 1 aliphatic heterocycles. The number of benzene rings is 1. The number of rotatable bonds is 5. The predicted octanol–water partition coefficient (Wildman–Crippen LogP) is 3.20. The summed E-state index contributed by atoms with van der Waals surface area (Å²) in [4.78, 5) is 12.0. The number of hydrogen-bond acceptors (Lipinski definition) is 3. The van der Waals surface area contributed by atoms with Crippen LogP contribution in [0.25, 0.3) is 0 Å². The highest BCUT2D eigenvalue weighted by molar-refractivity contribution is 9.10. The van der Waals surface area contributed by atoms with Crippen LogP contribution >= 0.6 is 15.9 Å². The Morgan fingerprint density at radius 2 is 2.40 bits per heavy atom. The van der Waals surface area contributed by atoms with Gasteiger partial charge in [-0.1, -0.05) is 15.9 Å². The van der Waals surface area contributed by atoms with Crippen LogP contribution in [-0.2, 0) is 9.53 Å². The Morgan fingerprint density at radius 3 is 3.15 bits per heavy atom. The fraction of sp³-hybridized carbons (Fsp3) is 0.533. The van der Waals surface area contributed by atoms with Crippen LogP contribution in [0.3, 0.4) is 0 Å². The quantitative estimate of drug-likeness (QED) is 0.894. The summed E-state index contributed by atoms with van der Waals surface area (Å²) in [6.07, 6.45) is 2.12. The van der Waals surface area contributed by atoms with Crippen molar-refractivity contribution in [1.29, 1.82) is 0 Å². The topological polar surface area (TPSA) is 47.6 Å². The Labute approximate surface area is 128 Å². The van der Waals surface area contributed by atoms with Gasteiger partial charge < -0.3 is 14.8 Å². The Hall–Kier alpha value is -1.07. The fourth-order valence-corrected chi connectivity index (χ4v) is 2.61. The number of fused-ring (bicyclic) bond motifs is 1. The monoisotopic (exact) mass is 341 g/mol. The molecule has 5 heteroatoms. The van der Waals surface area contributed by atoms with E-state index in [9.17, 15) is 4.79 Å². The molecule has 0 unspecified atom stereocenters. The Bertz CT molecular complexity index is 478. The number of ether oxygens (including phenoxy) is 2. The molecule has 1 aromatic carbocycles. The molecule has 0 aromatic heterocycles. The molecule has 1 aliphatic rings. The molecule has 2 rings (SSSR count). The van der Waals surface area contributed by atoms with Crippen LogP contribution in [-0.4, -0.2) is 25.7 Å². The van der Waals surface area contributed by atoms with Gasteiger partial charge >= 0.3 is 0 Å². The lowest BCUT2D eigenvalue weighted by Crippen LogP contribution is -2.32. The molecule has 1 heterocycles. The van der Waals surface area contributed by atoms with Crippen LogP contribution in [0, 0.1) is 0 Å². The van der Waals surface area contributed by atoms with E-state index in [4.69, 9.17) is 9.47 Å². The molecule has 1 amide bonds. The smallest absolute Gasteiger partial charge is 0.220 e. The number of hydrogen-bond donors (Lipinski definition) is 1. The van der Waals surface area contributed by atoms with Crippen LogP contribution < -0.4 is 10.1 Å². The molecule has 0 bridgehead atoms. The molecule has 0 spiro atoms. The normalized spacial score (nSPS) is 18.9. The second-order valence-corrected chi connectivity index (χ2v) is 5.94. The van der Waals surface area contributed by atoms with Crippen molar-refractivity contribution in [2.24, 2.45) is 0 Å². The standard InChI is InChI=1S/C15H20BrNO3/c1-10(19-2)3-6-15(18)17-13-7-8-20-14-5-4-11(16)9-12(13)14/h4-5,9-10,13H,3,6-8H2,1-2H3,(H,17,18)/t10-,13+/m0/s1. The van der Waals surface area contributed by atoms with Gasteiger partial charge in [-0.05, 0) is 31.5 Å². The Balaban J connectivity index is 1.97. The van der Waals surface area contributed by atoms with Crippen molar-refractivity contribution in [2.75, 3.05) is 13.7 Å². The van der Waals surface area contributed by atoms with E-state index in [-0.39, 0.29) is 18.1 Å². The summed E-state index contributed by atoms with van der Waals surface area (Å²) < 4.78 is 11.8. The zero-order chi connectivity index (χ0) is 14.5. The van der Waals surface area contributed by atoms with E-state index in [1.807, 2.05) is 25.1 Å². The Morgan fingerprint density at radius 1 is 1.60 bits per heavy atom. The number of amides is 1. The van der Waals surface area contributed by atoms with Gasteiger partial charge in [-0.3, -0.25) is 4.79 Å². The van der Waals surface area contributed by atoms with Gasteiger partial charge in [0.1, 0.15) is 5.75 Å². The summed E-state index contributed by atoms with van der Waals surface area (Å²) in [5.41, 5.74) is 1.04. The van der Waals surface area contributed by atoms with Crippen molar-refractivity contribution in [2.45, 2.75) is 38.3 Å². The zero-order valence-corrected chi connectivity index (χ0v) is 13.4. The number of halogens is 1. The molecule has 2 atom stereocenters. The predicted molar refractivity (Wildman–Crippen MR) is 80.8 cm³/mol. The summed E-state index contributed by atoms with van der Waals surface area (Å²) in [7, 11) is 1.66. The Kier molecular flexibility index (Phi) is 5.43. The summed E-state index contributed by atoms with van der Waals surface area (Å²) in [5.74, 6) is 0.918. The lowest BCUT2D eigenvalue weighted by molar-refractivity contribution is -0.122. The summed E-state index contributed by atoms with van der Waals surface area (Å²) >= 11 is 3.46. The molecule has 0 saturated carbocycles. The maximum atomic E-state index is 12.0. The first-order valence-electron chi connectivity index (χ1n) is 6.84. The van der Waals surface area contributed by atoms with Crippen LogP contribution in [0.1, 0.15) is 37.8 Å². The minimum Gasteiger partial charge on any atom is -0.493 e. The second-order valence-electron chi connectivity index (χ2n) is 5.02. The largest absolute Gasteiger partial charge is 0.493 e. The van der Waals surface area contributed by atoms with E-state index in [1.54, 1.807) is 7.11 Å². The van der Waals surface area contributed by atoms with Gasteiger partial charge in [-0.25, -0.2) is 0 Å². The molecular weight excluding hydrogens is 322 g/mol. The van der Waals surface area contributed by atoms with Crippen molar-refractivity contribution in [3.63, 3.8) is 0 Å². The number of methoxy groups -OCH3 is 1. The first-order valence-corrected chi connectivity index (χ1v) is 7.64. The third-order valence-corrected chi connectivity index (χ3v) is 4.02. The minimum atomic E-state index is 0.0293. The summed E-state index contributed by atoms with van der Waals surface area (Å²) in [5, 5.41) is 3.09. The third kappa shape index (κ3) is 3.96. The minimum absolute atomic E-state index is 0.0293. The summed E-state index contributed by atoms with van der Waals surface area (Å²) in [6, 6.07) is 5.92. The lowest BCUT2D eigenvalue weighted by atomic mass is 10.0. The van der Waals surface area contributed by atoms with E-state index in [2.05, 4.69) is 21.2 Å². The van der Waals surface area contributed by atoms with Gasteiger partial charge in [0.2, 0.25) is 5.91 Å². The van der Waals surface area contributed by atoms with Crippen LogP contribution in [0.5, 0.6) is 5.75 Å². The highest BCUT2D eigenvalue weighted by atomic mass is 79.9. The first kappa shape index (κ1) is 15.3. The van der Waals surface area contributed by atoms with E-state index in [1.165, 1.54) is 0 Å². The molecule has 0 radical (unpaired) electrons. The maximum Gasteiger partial charge on any atom is 0.220 e. The van der Waals surface area contributed by atoms with E-state index < -0.39 is 0 Å². The molecule has 1 N–H and O–H groups in total. The zero-order valence-electron chi connectivity index (χ0n) is 11.8. The molecular formula is C15H20BrNO3. The SMILES string of the molecule is CO[C@@H](C)CCC(=O)N[C@@H]1CCOc2ccc(Br)cc21. The van der Waals surface area contributed by atoms with Gasteiger partial charge in [0.15, 0.2) is 0 Å². The summed E-state index contributed by atoms with van der Waals surface area (Å²) in [6.45, 7) is 2.60. The van der Waals surface area contributed by atoms with Gasteiger partial charge in [0, 0.05) is 30.0 Å². The van der Waals surface area contributed by atoms with Crippen molar-refractivity contribution >= 4 is 21.8 Å². The van der Waals surface area contributed by atoms with Gasteiger partial charge in [0.25, 0.3) is 0 Å². The number of nitrogens with one attached hydrogen (secondary N) is 1. The molecule has 20 heavy (non-hydrogen) atoms. The average molecular weight is 342 g/mol. The van der Waals surface area contributed by atoms with Crippen molar-refractivity contribution < 1.29 is 14.3 Å². The molecule has 4 nitrogen and oxygen atoms in total. The van der Waals surface area contributed by atoms with Gasteiger partial charge in [-0.2, -0.15) is 0 Å². The van der Waals surface area contributed by atoms with E-state index in [0.29, 0.717) is 13.0 Å². The number of carbonyl (C=O) groups is 1. The van der Waals surface area contributed by atoms with Crippen LogP contribution in [0.2, 0.25) is 0 Å². The van der Waals surface area contributed by atoms with E-state index >= 15 is 0 Å². The second kappa shape index (κ2) is 7.09. The highest BCUT2D eigenvalue weighted by Crippen LogP contribution is 2.34. The molecule has 0 aliphatic carbocycles. The fourth-order valence-electron chi connectivity index (χ4n) is 2.23. The van der Waals surface area contributed by atoms with Crippen LogP contribution in [0.15, 0.2) is 22.7 Å². The lowest BCUT2D eigenvalue weighted by Gasteiger charge is -2.27. The number of carbonyl (C=O) groups excluding carboxylic acids is 1. The molecule has 110 valence electrons. The van der Waals surface area contributed by atoms with Crippen molar-refractivity contribution in [3.8, 4) is 5.75 Å². The van der Waals surface area contributed by atoms with E-state index in [0.717, 1.165) is 28.6 Å². The van der Waals surface area contributed by atoms with Gasteiger partial charge in [0.05, 0.1) is 18.8 Å². The van der Waals surface area contributed by atoms with Crippen molar-refractivity contribution in [3.05, 3.63) is 28.2 Å². The average Bonchev–Trinajstić information content (AvgIpc) is 2.45. The molecule has 1 aromatic rings. The van der Waals surface area contributed by atoms with Crippen molar-refractivity contribution in [1.82, 2.24) is 5.32 Å². The maximum absolute atomic E-state index is 12.0. The molecule has 0 saturated heterocycles. The van der Waals surface area contributed by atoms with Gasteiger partial charge in [-0.15, -0.1) is 0 Å².